The third kappa shape index (κ3) is 3.56. The van der Waals surface area contributed by atoms with Gasteiger partial charge in [-0.25, -0.2) is 14.8 Å². The Balaban J connectivity index is 1.81. The van der Waals surface area contributed by atoms with Crippen LogP contribution in [0.1, 0.15) is 18.5 Å². The fraction of sp³-hybridized carbons (Fsp3) is 0.350. The Bertz CT molecular complexity index is 973. The molecule has 1 aromatic carbocycles. The molecule has 1 unspecified atom stereocenters. The van der Waals surface area contributed by atoms with E-state index < -0.39 is 12.0 Å². The molecule has 0 bridgehead atoms. The average molecular weight is 382 g/mol. The smallest absolute Gasteiger partial charge is 0.326 e. The Hall–Kier alpha value is -2.97. The van der Waals surface area contributed by atoms with Gasteiger partial charge in [0.25, 0.3) is 0 Å². The molecule has 0 radical (unpaired) electrons. The molecule has 1 aliphatic heterocycles. The van der Waals surface area contributed by atoms with Crippen LogP contribution in [-0.4, -0.2) is 56.9 Å². The molecule has 1 fully saturated rings. The second-order valence-corrected chi connectivity index (χ2v) is 6.76. The lowest BCUT2D eigenvalue weighted by Crippen LogP contribution is -2.36. The minimum absolute atomic E-state index is 0.0441. The number of aliphatic hydroxyl groups is 1. The lowest BCUT2D eigenvalue weighted by atomic mass is 10.2. The van der Waals surface area contributed by atoms with Crippen LogP contribution in [0.2, 0.25) is 0 Å². The highest BCUT2D eigenvalue weighted by Gasteiger charge is 2.33. The van der Waals surface area contributed by atoms with Gasteiger partial charge in [0.05, 0.1) is 25.2 Å². The zero-order valence-corrected chi connectivity index (χ0v) is 15.3. The number of fused-ring (bicyclic) bond motifs is 1. The molecule has 8 nitrogen and oxygen atoms in total. The van der Waals surface area contributed by atoms with E-state index in [1.165, 1.54) is 0 Å². The summed E-state index contributed by atoms with van der Waals surface area (Å²) in [5.41, 5.74) is 2.31. The fourth-order valence-corrected chi connectivity index (χ4v) is 3.58. The Labute approximate surface area is 161 Å². The number of aliphatic carboxylic acids is 1. The predicted octanol–water partition coefficient (Wildman–Crippen LogP) is 2.19. The number of aromatic amines is 1. The van der Waals surface area contributed by atoms with Gasteiger partial charge in [-0.05, 0) is 18.9 Å². The molecular formula is C20H22N4O4. The predicted molar refractivity (Wildman–Crippen MR) is 104 cm³/mol. The first kappa shape index (κ1) is 18.4. The van der Waals surface area contributed by atoms with Crippen LogP contribution in [0.3, 0.4) is 0 Å². The summed E-state index contributed by atoms with van der Waals surface area (Å²) in [5, 5.41) is 19.3. The van der Waals surface area contributed by atoms with E-state index >= 15 is 0 Å². The standard InChI is InChI=1S/C20H22N4O4/c25-9-10-28-12-14-11-15-18(21-14)22-17(13-5-2-1-3-6-13)23-19(15)24-8-4-7-16(24)20(26)27/h1-3,5-6,11,16,25H,4,7-10,12H2,(H,26,27)(H,21,22,23). The molecule has 1 atom stereocenters. The number of hydrogen-bond donors (Lipinski definition) is 3. The molecule has 2 aromatic heterocycles. The zero-order chi connectivity index (χ0) is 19.5. The number of aromatic nitrogens is 3. The average Bonchev–Trinajstić information content (AvgIpc) is 3.35. The molecular weight excluding hydrogens is 360 g/mol. The van der Waals surface area contributed by atoms with Crippen LogP contribution < -0.4 is 4.90 Å². The van der Waals surface area contributed by atoms with Crippen LogP contribution >= 0.6 is 0 Å². The van der Waals surface area contributed by atoms with Crippen molar-refractivity contribution in [3.8, 4) is 11.4 Å². The van der Waals surface area contributed by atoms with Crippen molar-refractivity contribution in [1.82, 2.24) is 15.0 Å². The van der Waals surface area contributed by atoms with Gasteiger partial charge < -0.3 is 24.8 Å². The van der Waals surface area contributed by atoms with Crippen molar-refractivity contribution in [3.63, 3.8) is 0 Å². The summed E-state index contributed by atoms with van der Waals surface area (Å²) < 4.78 is 5.40. The molecule has 0 aliphatic carbocycles. The monoisotopic (exact) mass is 382 g/mol. The largest absolute Gasteiger partial charge is 0.480 e. The number of carboxylic acid groups (broad SMARTS) is 1. The Kier molecular flexibility index (Phi) is 5.23. The number of ether oxygens (including phenoxy) is 1. The maximum absolute atomic E-state index is 11.7. The summed E-state index contributed by atoms with van der Waals surface area (Å²) in [6.07, 6.45) is 1.40. The third-order valence-corrected chi connectivity index (χ3v) is 4.86. The third-order valence-electron chi connectivity index (χ3n) is 4.86. The number of rotatable bonds is 7. The van der Waals surface area contributed by atoms with Crippen molar-refractivity contribution in [3.05, 3.63) is 42.1 Å². The molecule has 1 saturated heterocycles. The zero-order valence-electron chi connectivity index (χ0n) is 15.3. The van der Waals surface area contributed by atoms with E-state index in [0.29, 0.717) is 36.9 Å². The van der Waals surface area contributed by atoms with Gasteiger partial charge in [0.1, 0.15) is 17.5 Å². The summed E-state index contributed by atoms with van der Waals surface area (Å²) in [5.74, 6) is 0.329. The first-order valence-corrected chi connectivity index (χ1v) is 9.30. The van der Waals surface area contributed by atoms with Gasteiger partial charge in [0, 0.05) is 17.8 Å². The lowest BCUT2D eigenvalue weighted by Gasteiger charge is -2.23. The number of nitrogens with zero attached hydrogens (tertiary/aromatic N) is 3. The fourth-order valence-electron chi connectivity index (χ4n) is 3.58. The molecule has 4 rings (SSSR count). The van der Waals surface area contributed by atoms with Gasteiger partial charge in [0.15, 0.2) is 5.82 Å². The molecule has 0 spiro atoms. The molecule has 3 aromatic rings. The topological polar surface area (TPSA) is 112 Å². The van der Waals surface area contributed by atoms with E-state index in [0.717, 1.165) is 23.1 Å². The maximum Gasteiger partial charge on any atom is 0.326 e. The summed E-state index contributed by atoms with van der Waals surface area (Å²) in [4.78, 5) is 26.2. The van der Waals surface area contributed by atoms with Crippen LogP contribution in [0.15, 0.2) is 36.4 Å². The quantitative estimate of drug-likeness (QED) is 0.537. The van der Waals surface area contributed by atoms with Gasteiger partial charge in [-0.15, -0.1) is 0 Å². The Morgan fingerprint density at radius 2 is 2.11 bits per heavy atom. The van der Waals surface area contributed by atoms with E-state index in [4.69, 9.17) is 14.8 Å². The molecule has 0 saturated carbocycles. The van der Waals surface area contributed by atoms with Crippen molar-refractivity contribution in [2.75, 3.05) is 24.7 Å². The maximum atomic E-state index is 11.7. The molecule has 1 aliphatic rings. The lowest BCUT2D eigenvalue weighted by molar-refractivity contribution is -0.138. The summed E-state index contributed by atoms with van der Waals surface area (Å²) in [7, 11) is 0. The molecule has 146 valence electrons. The minimum Gasteiger partial charge on any atom is -0.480 e. The highest BCUT2D eigenvalue weighted by molar-refractivity contribution is 5.92. The number of nitrogens with one attached hydrogen (secondary N) is 1. The van der Waals surface area contributed by atoms with Crippen molar-refractivity contribution < 1.29 is 19.7 Å². The first-order chi connectivity index (χ1) is 13.7. The highest BCUT2D eigenvalue weighted by atomic mass is 16.5. The van der Waals surface area contributed by atoms with Crippen molar-refractivity contribution in [1.29, 1.82) is 0 Å². The van der Waals surface area contributed by atoms with Crippen molar-refractivity contribution in [2.24, 2.45) is 0 Å². The summed E-state index contributed by atoms with van der Waals surface area (Å²) in [6.45, 7) is 1.14. The van der Waals surface area contributed by atoms with Crippen LogP contribution in [0.5, 0.6) is 0 Å². The number of carboxylic acids is 1. The number of H-pyrrole nitrogens is 1. The van der Waals surface area contributed by atoms with E-state index in [9.17, 15) is 9.90 Å². The number of aliphatic hydroxyl groups excluding tert-OH is 1. The van der Waals surface area contributed by atoms with E-state index in [-0.39, 0.29) is 13.2 Å². The second-order valence-electron chi connectivity index (χ2n) is 6.76. The second kappa shape index (κ2) is 7.95. The minimum atomic E-state index is -0.840. The molecule has 3 N–H and O–H groups in total. The molecule has 28 heavy (non-hydrogen) atoms. The van der Waals surface area contributed by atoms with Crippen LogP contribution in [0.4, 0.5) is 5.82 Å². The molecule has 0 amide bonds. The van der Waals surface area contributed by atoms with Gasteiger partial charge in [0.2, 0.25) is 0 Å². The SMILES string of the molecule is O=C(O)C1CCCN1c1nc(-c2ccccc2)nc2[nH]c(COCCO)cc12. The van der Waals surface area contributed by atoms with Gasteiger partial charge in [-0.2, -0.15) is 0 Å². The summed E-state index contributed by atoms with van der Waals surface area (Å²) >= 11 is 0. The van der Waals surface area contributed by atoms with Crippen LogP contribution in [0.25, 0.3) is 22.4 Å². The molecule has 8 heteroatoms. The first-order valence-electron chi connectivity index (χ1n) is 9.30. The Morgan fingerprint density at radius 3 is 2.86 bits per heavy atom. The van der Waals surface area contributed by atoms with E-state index in [2.05, 4.69) is 9.97 Å². The van der Waals surface area contributed by atoms with Gasteiger partial charge in [-0.3, -0.25) is 0 Å². The number of hydrogen-bond acceptors (Lipinski definition) is 6. The number of anilines is 1. The van der Waals surface area contributed by atoms with Crippen molar-refractivity contribution >= 4 is 22.8 Å². The van der Waals surface area contributed by atoms with E-state index in [1.807, 2.05) is 41.3 Å². The number of carbonyl (C=O) groups is 1. The van der Waals surface area contributed by atoms with Gasteiger partial charge in [-0.1, -0.05) is 30.3 Å². The highest BCUT2D eigenvalue weighted by Crippen LogP contribution is 2.33. The van der Waals surface area contributed by atoms with Crippen LogP contribution in [-0.2, 0) is 16.1 Å². The van der Waals surface area contributed by atoms with Gasteiger partial charge >= 0.3 is 5.97 Å². The Morgan fingerprint density at radius 1 is 1.29 bits per heavy atom. The normalized spacial score (nSPS) is 16.8. The number of benzene rings is 1. The van der Waals surface area contributed by atoms with E-state index in [1.54, 1.807) is 0 Å². The van der Waals surface area contributed by atoms with Crippen molar-refractivity contribution in [2.45, 2.75) is 25.5 Å². The molecule has 3 heterocycles. The summed E-state index contributed by atoms with van der Waals surface area (Å²) in [6, 6.07) is 10.9. The van der Waals surface area contributed by atoms with Crippen LogP contribution in [0, 0.1) is 0 Å².